The van der Waals surface area contributed by atoms with Crippen molar-refractivity contribution in [2.24, 2.45) is 11.8 Å². The minimum Gasteiger partial charge on any atom is -0.507 e. The van der Waals surface area contributed by atoms with Gasteiger partial charge in [-0.2, -0.15) is 0 Å². The molecule has 3 nitrogen and oxygen atoms in total. The van der Waals surface area contributed by atoms with E-state index in [-0.39, 0.29) is 23.6 Å². The molecular weight excluding hydrogens is 257 g/mol. The number of Topliss-reactive ketones (excluding diaryl/α,β-unsaturated/α-hetero) is 1. The fraction of sp³-hybridized carbons (Fsp3) is 0.562. The fourth-order valence-electron chi connectivity index (χ4n) is 2.80. The zero-order chi connectivity index (χ0) is 14.7. The van der Waals surface area contributed by atoms with E-state index < -0.39 is 5.82 Å². The predicted octanol–water partition coefficient (Wildman–Crippen LogP) is 3.08. The first-order chi connectivity index (χ1) is 9.47. The molecule has 1 saturated heterocycles. The predicted molar refractivity (Wildman–Crippen MR) is 76.4 cm³/mol. The largest absolute Gasteiger partial charge is 0.507 e. The molecule has 0 bridgehead atoms. The van der Waals surface area contributed by atoms with Gasteiger partial charge in [0, 0.05) is 0 Å². The number of piperidine rings is 1. The molecule has 0 spiro atoms. The van der Waals surface area contributed by atoms with Gasteiger partial charge >= 0.3 is 0 Å². The van der Waals surface area contributed by atoms with Crippen molar-refractivity contribution in [3.63, 3.8) is 0 Å². The molecule has 1 aliphatic heterocycles. The molecule has 20 heavy (non-hydrogen) atoms. The summed E-state index contributed by atoms with van der Waals surface area (Å²) in [6.07, 6.45) is 2.19. The lowest BCUT2D eigenvalue weighted by atomic mass is 9.86. The van der Waals surface area contributed by atoms with Gasteiger partial charge in [-0.1, -0.05) is 13.8 Å². The molecule has 1 aliphatic rings. The van der Waals surface area contributed by atoms with E-state index in [1.807, 2.05) is 0 Å². The summed E-state index contributed by atoms with van der Waals surface area (Å²) in [7, 11) is 0. The third-order valence-electron chi connectivity index (χ3n) is 4.20. The maximum atomic E-state index is 13.1. The summed E-state index contributed by atoms with van der Waals surface area (Å²) < 4.78 is 13.1. The Kier molecular flexibility index (Phi) is 4.76. The van der Waals surface area contributed by atoms with Crippen LogP contribution in [0.25, 0.3) is 0 Å². The van der Waals surface area contributed by atoms with Crippen molar-refractivity contribution in [2.75, 3.05) is 19.6 Å². The Morgan fingerprint density at radius 2 is 2.05 bits per heavy atom. The maximum absolute atomic E-state index is 13.1. The van der Waals surface area contributed by atoms with Crippen LogP contribution in [0.3, 0.4) is 0 Å². The number of phenols is 1. The lowest BCUT2D eigenvalue weighted by molar-refractivity contribution is 0.0877. The standard InChI is InChI=1S/C16H22FNO2/c1-11(2)12-5-7-18(8-6-12)10-16(20)14-9-13(17)3-4-15(14)19/h3-4,9,11-12,19H,5-8,10H2,1-2H3. The van der Waals surface area contributed by atoms with Gasteiger partial charge in [-0.3, -0.25) is 9.69 Å². The van der Waals surface area contributed by atoms with Crippen molar-refractivity contribution < 1.29 is 14.3 Å². The van der Waals surface area contributed by atoms with Crippen LogP contribution in [0.4, 0.5) is 4.39 Å². The number of nitrogens with zero attached hydrogens (tertiary/aromatic N) is 1. The second-order valence-corrected chi connectivity index (χ2v) is 5.94. The van der Waals surface area contributed by atoms with Gasteiger partial charge in [0.15, 0.2) is 5.78 Å². The normalized spacial score (nSPS) is 17.6. The molecule has 0 saturated carbocycles. The summed E-state index contributed by atoms with van der Waals surface area (Å²) >= 11 is 0. The van der Waals surface area contributed by atoms with E-state index in [9.17, 15) is 14.3 Å². The van der Waals surface area contributed by atoms with Gasteiger partial charge < -0.3 is 5.11 Å². The SMILES string of the molecule is CC(C)C1CCN(CC(=O)c2cc(F)ccc2O)CC1. The molecule has 0 aromatic heterocycles. The Morgan fingerprint density at radius 3 is 2.65 bits per heavy atom. The summed E-state index contributed by atoms with van der Waals surface area (Å²) in [5.74, 6) is 0.548. The van der Waals surface area contributed by atoms with Gasteiger partial charge in [0.2, 0.25) is 0 Å². The minimum atomic E-state index is -0.496. The number of benzene rings is 1. The number of carbonyl (C=O) groups is 1. The monoisotopic (exact) mass is 279 g/mol. The number of rotatable bonds is 4. The van der Waals surface area contributed by atoms with E-state index in [2.05, 4.69) is 18.7 Å². The maximum Gasteiger partial charge on any atom is 0.180 e. The number of carbonyl (C=O) groups excluding carboxylic acids is 1. The molecule has 0 amide bonds. The van der Waals surface area contributed by atoms with Gasteiger partial charge in [-0.15, -0.1) is 0 Å². The number of aromatic hydroxyl groups is 1. The Balaban J connectivity index is 1.94. The molecule has 4 heteroatoms. The number of ketones is 1. The molecule has 1 aromatic carbocycles. The minimum absolute atomic E-state index is 0.0796. The Hall–Kier alpha value is -1.42. The average molecular weight is 279 g/mol. The topological polar surface area (TPSA) is 40.5 Å². The van der Waals surface area contributed by atoms with Gasteiger partial charge in [0.1, 0.15) is 11.6 Å². The van der Waals surface area contributed by atoms with Crippen molar-refractivity contribution in [3.8, 4) is 5.75 Å². The van der Waals surface area contributed by atoms with Crippen LogP contribution >= 0.6 is 0 Å². The van der Waals surface area contributed by atoms with Crippen LogP contribution in [-0.4, -0.2) is 35.4 Å². The third-order valence-corrected chi connectivity index (χ3v) is 4.20. The van der Waals surface area contributed by atoms with Crippen LogP contribution in [-0.2, 0) is 0 Å². The number of likely N-dealkylation sites (tertiary alicyclic amines) is 1. The highest BCUT2D eigenvalue weighted by atomic mass is 19.1. The highest BCUT2D eigenvalue weighted by Gasteiger charge is 2.23. The van der Waals surface area contributed by atoms with Gasteiger partial charge in [0.25, 0.3) is 0 Å². The number of hydrogen-bond acceptors (Lipinski definition) is 3. The number of phenolic OH excluding ortho intramolecular Hbond substituents is 1. The molecule has 1 aromatic rings. The molecule has 2 rings (SSSR count). The number of hydrogen-bond donors (Lipinski definition) is 1. The molecule has 1 N–H and O–H groups in total. The van der Waals surface area contributed by atoms with E-state index in [0.29, 0.717) is 5.92 Å². The summed E-state index contributed by atoms with van der Waals surface area (Å²) in [5.41, 5.74) is 0.0796. The van der Waals surface area contributed by atoms with E-state index in [1.54, 1.807) is 0 Å². The van der Waals surface area contributed by atoms with Crippen LogP contribution in [0.1, 0.15) is 37.0 Å². The lowest BCUT2D eigenvalue weighted by Crippen LogP contribution is -2.38. The fourth-order valence-corrected chi connectivity index (χ4v) is 2.80. The first-order valence-corrected chi connectivity index (χ1v) is 7.21. The second-order valence-electron chi connectivity index (χ2n) is 5.94. The first kappa shape index (κ1) is 15.0. The Morgan fingerprint density at radius 1 is 1.40 bits per heavy atom. The van der Waals surface area contributed by atoms with Crippen LogP contribution in [0.15, 0.2) is 18.2 Å². The molecular formula is C16H22FNO2. The molecule has 0 aliphatic carbocycles. The van der Waals surface area contributed by atoms with Crippen molar-refractivity contribution in [1.82, 2.24) is 4.90 Å². The zero-order valence-corrected chi connectivity index (χ0v) is 12.1. The van der Waals surface area contributed by atoms with E-state index in [4.69, 9.17) is 0 Å². The molecule has 110 valence electrons. The average Bonchev–Trinajstić information content (AvgIpc) is 2.42. The van der Waals surface area contributed by atoms with Crippen LogP contribution < -0.4 is 0 Å². The van der Waals surface area contributed by atoms with Crippen LogP contribution in [0.2, 0.25) is 0 Å². The molecule has 0 unspecified atom stereocenters. The summed E-state index contributed by atoms with van der Waals surface area (Å²) in [4.78, 5) is 14.2. The van der Waals surface area contributed by atoms with Crippen molar-refractivity contribution in [2.45, 2.75) is 26.7 Å². The smallest absolute Gasteiger partial charge is 0.180 e. The summed E-state index contributed by atoms with van der Waals surface area (Å²) in [6.45, 7) is 6.50. The highest BCUT2D eigenvalue weighted by molar-refractivity contribution is 6.00. The Bertz CT molecular complexity index is 479. The van der Waals surface area contributed by atoms with E-state index in [1.165, 1.54) is 6.07 Å². The lowest BCUT2D eigenvalue weighted by Gasteiger charge is -2.33. The Labute approximate surface area is 119 Å². The van der Waals surface area contributed by atoms with Crippen molar-refractivity contribution >= 4 is 5.78 Å². The van der Waals surface area contributed by atoms with Crippen molar-refractivity contribution in [3.05, 3.63) is 29.6 Å². The van der Waals surface area contributed by atoms with E-state index >= 15 is 0 Å². The third kappa shape index (κ3) is 3.57. The van der Waals surface area contributed by atoms with E-state index in [0.717, 1.165) is 44.0 Å². The van der Waals surface area contributed by atoms with Gasteiger partial charge in [0.05, 0.1) is 12.1 Å². The zero-order valence-electron chi connectivity index (χ0n) is 12.1. The molecule has 1 fully saturated rings. The van der Waals surface area contributed by atoms with Gasteiger partial charge in [-0.05, 0) is 56.0 Å². The number of halogens is 1. The molecule has 0 radical (unpaired) electrons. The summed E-state index contributed by atoms with van der Waals surface area (Å²) in [6, 6.07) is 3.49. The summed E-state index contributed by atoms with van der Waals surface area (Å²) in [5, 5.41) is 9.64. The highest BCUT2D eigenvalue weighted by Crippen LogP contribution is 2.25. The van der Waals surface area contributed by atoms with Gasteiger partial charge in [-0.25, -0.2) is 4.39 Å². The van der Waals surface area contributed by atoms with Crippen molar-refractivity contribution in [1.29, 1.82) is 0 Å². The second kappa shape index (κ2) is 6.35. The van der Waals surface area contributed by atoms with Crippen LogP contribution in [0.5, 0.6) is 5.75 Å². The first-order valence-electron chi connectivity index (χ1n) is 7.21. The quantitative estimate of drug-likeness (QED) is 0.861. The molecule has 1 heterocycles. The molecule has 0 atom stereocenters. The van der Waals surface area contributed by atoms with Crippen LogP contribution in [0, 0.1) is 17.7 Å².